The summed E-state index contributed by atoms with van der Waals surface area (Å²) in [5.74, 6) is 0.520. The van der Waals surface area contributed by atoms with Crippen LogP contribution in [0.15, 0.2) is 40.9 Å². The molecule has 0 unspecified atom stereocenters. The molecule has 0 amide bonds. The average Bonchev–Trinajstić information content (AvgIpc) is 2.41. The molecule has 0 aliphatic carbocycles. The first-order valence-corrected chi connectivity index (χ1v) is 6.77. The Bertz CT molecular complexity index is 604. The van der Waals surface area contributed by atoms with E-state index in [1.165, 1.54) is 7.11 Å². The summed E-state index contributed by atoms with van der Waals surface area (Å²) in [5, 5.41) is 10.8. The summed E-state index contributed by atoms with van der Waals surface area (Å²) in [5.41, 5.74) is 7.56. The molecule has 0 spiro atoms. The third-order valence-corrected chi connectivity index (χ3v) is 3.75. The van der Waals surface area contributed by atoms with Gasteiger partial charge in [-0.1, -0.05) is 39.7 Å². The van der Waals surface area contributed by atoms with E-state index in [1.54, 1.807) is 30.3 Å². The van der Waals surface area contributed by atoms with Crippen LogP contribution in [-0.2, 0) is 0 Å². The molecule has 2 aromatic carbocycles. The first kappa shape index (κ1) is 14.2. The minimum atomic E-state index is -0.903. The number of benzene rings is 2. The Labute approximate surface area is 125 Å². The maximum atomic E-state index is 10.5. The molecule has 0 heterocycles. The molecule has 5 heteroatoms. The average molecular weight is 343 g/mol. The Kier molecular flexibility index (Phi) is 4.34. The second kappa shape index (κ2) is 5.82. The highest BCUT2D eigenvalue weighted by Gasteiger charge is 2.18. The highest BCUT2D eigenvalue weighted by atomic mass is 79.9. The van der Waals surface area contributed by atoms with E-state index in [9.17, 15) is 5.11 Å². The molecule has 0 bridgehead atoms. The molecule has 19 heavy (non-hydrogen) atoms. The van der Waals surface area contributed by atoms with Gasteiger partial charge in [0.15, 0.2) is 0 Å². The van der Waals surface area contributed by atoms with Gasteiger partial charge in [0.25, 0.3) is 0 Å². The molecule has 3 N–H and O–H groups in total. The summed E-state index contributed by atoms with van der Waals surface area (Å²) in [6.07, 6.45) is -0.903. The van der Waals surface area contributed by atoms with Crippen LogP contribution < -0.4 is 10.5 Å². The molecule has 0 aliphatic heterocycles. The Morgan fingerprint density at radius 3 is 2.68 bits per heavy atom. The van der Waals surface area contributed by atoms with E-state index in [4.69, 9.17) is 22.1 Å². The standard InChI is InChI=1S/C14H13BrClNO2/c1-19-12-4-2-3-9(13(12)16)14(18)10-7-8(15)5-6-11(10)17/h2-7,14,18H,17H2,1H3/t14-/m1/s1. The van der Waals surface area contributed by atoms with Crippen molar-refractivity contribution in [3.05, 3.63) is 57.0 Å². The molecule has 1 atom stereocenters. The van der Waals surface area contributed by atoms with E-state index in [-0.39, 0.29) is 0 Å². The fourth-order valence-corrected chi connectivity index (χ4v) is 2.53. The van der Waals surface area contributed by atoms with Crippen LogP contribution in [0, 0.1) is 0 Å². The third kappa shape index (κ3) is 2.86. The lowest BCUT2D eigenvalue weighted by Gasteiger charge is -2.17. The van der Waals surface area contributed by atoms with Crippen LogP contribution >= 0.6 is 27.5 Å². The first-order chi connectivity index (χ1) is 9.04. The molecule has 0 saturated carbocycles. The Hall–Kier alpha value is -1.23. The van der Waals surface area contributed by atoms with Gasteiger partial charge >= 0.3 is 0 Å². The molecular weight excluding hydrogens is 330 g/mol. The zero-order chi connectivity index (χ0) is 14.0. The number of hydrogen-bond acceptors (Lipinski definition) is 3. The lowest BCUT2D eigenvalue weighted by atomic mass is 10.00. The summed E-state index contributed by atoms with van der Waals surface area (Å²) >= 11 is 9.57. The van der Waals surface area contributed by atoms with Crippen molar-refractivity contribution >= 4 is 33.2 Å². The van der Waals surface area contributed by atoms with Crippen molar-refractivity contribution in [1.82, 2.24) is 0 Å². The van der Waals surface area contributed by atoms with Gasteiger partial charge in [-0.3, -0.25) is 0 Å². The van der Waals surface area contributed by atoms with Gasteiger partial charge in [0.1, 0.15) is 11.9 Å². The van der Waals surface area contributed by atoms with E-state index in [0.717, 1.165) is 4.47 Å². The van der Waals surface area contributed by atoms with Crippen LogP contribution in [0.3, 0.4) is 0 Å². The van der Waals surface area contributed by atoms with E-state index < -0.39 is 6.10 Å². The molecule has 2 rings (SSSR count). The number of ether oxygens (including phenoxy) is 1. The molecule has 0 fully saturated rings. The van der Waals surface area contributed by atoms with Crippen molar-refractivity contribution < 1.29 is 9.84 Å². The van der Waals surface area contributed by atoms with Crippen molar-refractivity contribution in [2.24, 2.45) is 0 Å². The van der Waals surface area contributed by atoms with Gasteiger partial charge in [-0.15, -0.1) is 0 Å². The summed E-state index contributed by atoms with van der Waals surface area (Å²) in [6.45, 7) is 0. The summed E-state index contributed by atoms with van der Waals surface area (Å²) in [4.78, 5) is 0. The Balaban J connectivity index is 2.50. The quantitative estimate of drug-likeness (QED) is 0.835. The highest BCUT2D eigenvalue weighted by molar-refractivity contribution is 9.10. The number of anilines is 1. The van der Waals surface area contributed by atoms with E-state index in [2.05, 4.69) is 15.9 Å². The van der Waals surface area contributed by atoms with Gasteiger partial charge in [-0.2, -0.15) is 0 Å². The largest absolute Gasteiger partial charge is 0.495 e. The molecule has 0 radical (unpaired) electrons. The molecule has 2 aromatic rings. The molecule has 3 nitrogen and oxygen atoms in total. The number of halogens is 2. The molecule has 0 aromatic heterocycles. The molecule has 100 valence electrons. The summed E-state index contributed by atoms with van der Waals surface area (Å²) < 4.78 is 5.98. The van der Waals surface area contributed by atoms with Gasteiger partial charge in [0.2, 0.25) is 0 Å². The SMILES string of the molecule is COc1cccc([C@@H](O)c2cc(Br)ccc2N)c1Cl. The predicted octanol–water partition coefficient (Wildman–Crippen LogP) is 3.78. The Morgan fingerprint density at radius 1 is 1.26 bits per heavy atom. The van der Waals surface area contributed by atoms with E-state index in [0.29, 0.717) is 27.6 Å². The third-order valence-electron chi connectivity index (χ3n) is 2.85. The number of nitrogen functional groups attached to an aromatic ring is 1. The van der Waals surface area contributed by atoms with Crippen molar-refractivity contribution in [1.29, 1.82) is 0 Å². The summed E-state index contributed by atoms with van der Waals surface area (Å²) in [7, 11) is 1.53. The van der Waals surface area contributed by atoms with Crippen LogP contribution in [0.4, 0.5) is 5.69 Å². The zero-order valence-corrected chi connectivity index (χ0v) is 12.6. The van der Waals surface area contributed by atoms with Gasteiger partial charge in [-0.05, 0) is 24.3 Å². The van der Waals surface area contributed by atoms with Crippen molar-refractivity contribution in [2.75, 3.05) is 12.8 Å². The maximum Gasteiger partial charge on any atom is 0.137 e. The van der Waals surface area contributed by atoms with E-state index in [1.807, 2.05) is 6.07 Å². The number of aliphatic hydroxyl groups is 1. The van der Waals surface area contributed by atoms with Crippen LogP contribution in [-0.4, -0.2) is 12.2 Å². The van der Waals surface area contributed by atoms with Gasteiger partial charge in [-0.25, -0.2) is 0 Å². The number of hydrogen-bond donors (Lipinski definition) is 2. The van der Waals surface area contributed by atoms with Gasteiger partial charge in [0, 0.05) is 21.3 Å². The second-order valence-electron chi connectivity index (χ2n) is 4.04. The number of nitrogens with two attached hydrogens (primary N) is 1. The lowest BCUT2D eigenvalue weighted by molar-refractivity contribution is 0.220. The van der Waals surface area contributed by atoms with Crippen molar-refractivity contribution in [3.63, 3.8) is 0 Å². The molecular formula is C14H13BrClNO2. The van der Waals surface area contributed by atoms with Crippen LogP contribution in [0.5, 0.6) is 5.75 Å². The lowest BCUT2D eigenvalue weighted by Crippen LogP contribution is -2.05. The van der Waals surface area contributed by atoms with Crippen LogP contribution in [0.1, 0.15) is 17.2 Å². The highest BCUT2D eigenvalue weighted by Crippen LogP contribution is 2.36. The van der Waals surface area contributed by atoms with Crippen molar-refractivity contribution in [2.45, 2.75) is 6.10 Å². The van der Waals surface area contributed by atoms with Gasteiger partial charge < -0.3 is 15.6 Å². The fourth-order valence-electron chi connectivity index (χ4n) is 1.85. The minimum absolute atomic E-state index is 0.386. The minimum Gasteiger partial charge on any atom is -0.495 e. The van der Waals surface area contributed by atoms with Gasteiger partial charge in [0.05, 0.1) is 12.1 Å². The predicted molar refractivity (Wildman–Crippen MR) is 80.6 cm³/mol. The van der Waals surface area contributed by atoms with E-state index >= 15 is 0 Å². The Morgan fingerprint density at radius 2 is 2.00 bits per heavy atom. The number of aliphatic hydroxyl groups excluding tert-OH is 1. The number of methoxy groups -OCH3 is 1. The normalized spacial score (nSPS) is 12.2. The van der Waals surface area contributed by atoms with Crippen LogP contribution in [0.25, 0.3) is 0 Å². The second-order valence-corrected chi connectivity index (χ2v) is 5.33. The molecule has 0 saturated heterocycles. The maximum absolute atomic E-state index is 10.5. The van der Waals surface area contributed by atoms with Crippen LogP contribution in [0.2, 0.25) is 5.02 Å². The molecule has 0 aliphatic rings. The monoisotopic (exact) mass is 341 g/mol. The summed E-state index contributed by atoms with van der Waals surface area (Å²) in [6, 6.07) is 10.6. The smallest absolute Gasteiger partial charge is 0.137 e. The number of rotatable bonds is 3. The zero-order valence-electron chi connectivity index (χ0n) is 10.2. The first-order valence-electron chi connectivity index (χ1n) is 5.60. The van der Waals surface area contributed by atoms with Crippen molar-refractivity contribution in [3.8, 4) is 5.75 Å². The topological polar surface area (TPSA) is 55.5 Å². The fraction of sp³-hybridized carbons (Fsp3) is 0.143.